The van der Waals surface area contributed by atoms with Crippen molar-refractivity contribution < 1.29 is 8.42 Å². The predicted octanol–water partition coefficient (Wildman–Crippen LogP) is 3.30. The Balaban J connectivity index is 2.27. The van der Waals surface area contributed by atoms with E-state index in [0.29, 0.717) is 4.90 Å². The smallest absolute Gasteiger partial charge is 0.182 e. The quantitative estimate of drug-likeness (QED) is 0.798. The molecular weight excluding hydrogens is 256 g/mol. The average molecular weight is 272 g/mol. The van der Waals surface area contributed by atoms with Gasteiger partial charge in [0.1, 0.15) is 0 Å². The molecule has 2 aromatic carbocycles. The Bertz CT molecular complexity index is 732. The van der Waals surface area contributed by atoms with Gasteiger partial charge in [0.05, 0.1) is 10.1 Å². The van der Waals surface area contributed by atoms with E-state index in [-0.39, 0.29) is 5.92 Å². The zero-order valence-electron chi connectivity index (χ0n) is 11.0. The van der Waals surface area contributed by atoms with Crippen molar-refractivity contribution in [3.05, 3.63) is 65.2 Å². The van der Waals surface area contributed by atoms with Gasteiger partial charge in [-0.1, -0.05) is 42.5 Å². The molecule has 0 aliphatic carbocycles. The summed E-state index contributed by atoms with van der Waals surface area (Å²) in [4.78, 5) is 0.496. The fourth-order valence-electron chi connectivity index (χ4n) is 2.98. The lowest BCUT2D eigenvalue weighted by Gasteiger charge is -2.18. The molecule has 3 rings (SSSR count). The van der Waals surface area contributed by atoms with Gasteiger partial charge < -0.3 is 0 Å². The van der Waals surface area contributed by atoms with Crippen molar-refractivity contribution in [2.24, 2.45) is 0 Å². The van der Waals surface area contributed by atoms with Crippen LogP contribution in [0, 0.1) is 6.92 Å². The second kappa shape index (κ2) is 4.20. The number of aryl methyl sites for hydroxylation is 1. The first-order chi connectivity index (χ1) is 9.03. The van der Waals surface area contributed by atoms with Crippen LogP contribution in [0.1, 0.15) is 29.5 Å². The highest BCUT2D eigenvalue weighted by Crippen LogP contribution is 2.44. The van der Waals surface area contributed by atoms with E-state index in [1.165, 1.54) is 0 Å². The van der Waals surface area contributed by atoms with Crippen LogP contribution >= 0.6 is 0 Å². The van der Waals surface area contributed by atoms with Crippen molar-refractivity contribution in [2.45, 2.75) is 29.9 Å². The number of fused-ring (bicyclic) bond motifs is 1. The van der Waals surface area contributed by atoms with Crippen LogP contribution in [0.2, 0.25) is 0 Å². The van der Waals surface area contributed by atoms with Crippen LogP contribution in [-0.2, 0) is 9.84 Å². The molecular formula is C16H16O2S. The molecule has 2 unspecified atom stereocenters. The summed E-state index contributed by atoms with van der Waals surface area (Å²) in [6.45, 7) is 3.85. The first kappa shape index (κ1) is 12.4. The first-order valence-electron chi connectivity index (χ1n) is 6.42. The minimum Gasteiger partial charge on any atom is -0.223 e. The van der Waals surface area contributed by atoms with Crippen molar-refractivity contribution in [2.75, 3.05) is 0 Å². The molecule has 2 nitrogen and oxygen atoms in total. The maximum atomic E-state index is 12.5. The van der Waals surface area contributed by atoms with Gasteiger partial charge in [0.15, 0.2) is 9.84 Å². The largest absolute Gasteiger partial charge is 0.223 e. The monoisotopic (exact) mass is 272 g/mol. The van der Waals surface area contributed by atoms with Gasteiger partial charge in [-0.2, -0.15) is 0 Å². The molecule has 1 aliphatic rings. The summed E-state index contributed by atoms with van der Waals surface area (Å²) in [5.41, 5.74) is 3.19. The van der Waals surface area contributed by atoms with Crippen LogP contribution in [0.3, 0.4) is 0 Å². The third-order valence-corrected chi connectivity index (χ3v) is 6.28. The summed E-state index contributed by atoms with van der Waals surface area (Å²) in [6.07, 6.45) is 0. The van der Waals surface area contributed by atoms with Gasteiger partial charge in [-0.25, -0.2) is 8.42 Å². The summed E-state index contributed by atoms with van der Waals surface area (Å²) in [6, 6.07) is 15.4. The molecule has 0 amide bonds. The topological polar surface area (TPSA) is 34.1 Å². The standard InChI is InChI=1S/C16H16O2S/c1-11-7-3-4-8-13(11)16-12(2)19(17,18)15-10-6-5-9-14(15)16/h3-10,12,16H,1-2H3. The zero-order valence-corrected chi connectivity index (χ0v) is 11.8. The minimum atomic E-state index is -3.20. The van der Waals surface area contributed by atoms with E-state index in [1.54, 1.807) is 12.1 Å². The third-order valence-electron chi connectivity index (χ3n) is 4.04. The van der Waals surface area contributed by atoms with Gasteiger partial charge in [0, 0.05) is 5.92 Å². The molecule has 0 spiro atoms. The van der Waals surface area contributed by atoms with Gasteiger partial charge in [-0.3, -0.25) is 0 Å². The lowest BCUT2D eigenvalue weighted by atomic mass is 9.87. The number of hydrogen-bond donors (Lipinski definition) is 0. The van der Waals surface area contributed by atoms with E-state index in [9.17, 15) is 8.42 Å². The molecule has 1 aliphatic heterocycles. The molecule has 0 radical (unpaired) electrons. The Morgan fingerprint density at radius 2 is 1.47 bits per heavy atom. The molecule has 0 N–H and O–H groups in total. The maximum absolute atomic E-state index is 12.5. The van der Waals surface area contributed by atoms with E-state index in [2.05, 4.69) is 0 Å². The highest BCUT2D eigenvalue weighted by molar-refractivity contribution is 7.92. The van der Waals surface area contributed by atoms with Crippen molar-refractivity contribution in [3.8, 4) is 0 Å². The molecule has 98 valence electrons. The van der Waals surface area contributed by atoms with E-state index in [0.717, 1.165) is 16.7 Å². The lowest BCUT2D eigenvalue weighted by Crippen LogP contribution is -2.18. The zero-order chi connectivity index (χ0) is 13.6. The Kier molecular flexibility index (Phi) is 2.75. The first-order valence-corrected chi connectivity index (χ1v) is 7.96. The van der Waals surface area contributed by atoms with Crippen molar-refractivity contribution >= 4 is 9.84 Å². The lowest BCUT2D eigenvalue weighted by molar-refractivity contribution is 0.586. The minimum absolute atomic E-state index is 0.0533. The number of hydrogen-bond acceptors (Lipinski definition) is 2. The van der Waals surface area contributed by atoms with Crippen molar-refractivity contribution in [1.82, 2.24) is 0 Å². The van der Waals surface area contributed by atoms with Crippen LogP contribution in [0.5, 0.6) is 0 Å². The highest BCUT2D eigenvalue weighted by atomic mass is 32.2. The molecule has 19 heavy (non-hydrogen) atoms. The van der Waals surface area contributed by atoms with Gasteiger partial charge in [0.25, 0.3) is 0 Å². The molecule has 0 bridgehead atoms. The van der Waals surface area contributed by atoms with E-state index in [4.69, 9.17) is 0 Å². The Morgan fingerprint density at radius 1 is 0.895 bits per heavy atom. The highest BCUT2D eigenvalue weighted by Gasteiger charge is 2.42. The number of rotatable bonds is 1. The van der Waals surface area contributed by atoms with Crippen LogP contribution in [0.25, 0.3) is 0 Å². The maximum Gasteiger partial charge on any atom is 0.182 e. The van der Waals surface area contributed by atoms with Crippen LogP contribution in [0.15, 0.2) is 53.4 Å². The van der Waals surface area contributed by atoms with Crippen LogP contribution < -0.4 is 0 Å². The van der Waals surface area contributed by atoms with E-state index < -0.39 is 15.1 Å². The van der Waals surface area contributed by atoms with Crippen molar-refractivity contribution in [3.63, 3.8) is 0 Å². The van der Waals surface area contributed by atoms with Gasteiger partial charge in [0.2, 0.25) is 0 Å². The number of sulfone groups is 1. The summed E-state index contributed by atoms with van der Waals surface area (Å²) in [5.74, 6) is -0.0533. The third kappa shape index (κ3) is 1.72. The molecule has 0 aromatic heterocycles. The Morgan fingerprint density at radius 3 is 2.16 bits per heavy atom. The molecule has 2 aromatic rings. The molecule has 2 atom stereocenters. The van der Waals surface area contributed by atoms with Crippen molar-refractivity contribution in [1.29, 1.82) is 0 Å². The fourth-order valence-corrected chi connectivity index (χ4v) is 4.83. The van der Waals surface area contributed by atoms with Crippen LogP contribution in [-0.4, -0.2) is 13.7 Å². The Hall–Kier alpha value is -1.61. The molecule has 3 heteroatoms. The molecule has 0 saturated heterocycles. The van der Waals surface area contributed by atoms with Gasteiger partial charge >= 0.3 is 0 Å². The van der Waals surface area contributed by atoms with Gasteiger partial charge in [-0.05, 0) is 36.6 Å². The van der Waals surface area contributed by atoms with E-state index in [1.807, 2.05) is 50.2 Å². The second-order valence-electron chi connectivity index (χ2n) is 5.12. The summed E-state index contributed by atoms with van der Waals surface area (Å²) < 4.78 is 25.0. The van der Waals surface area contributed by atoms with Gasteiger partial charge in [-0.15, -0.1) is 0 Å². The summed E-state index contributed by atoms with van der Waals surface area (Å²) in [5, 5.41) is -0.397. The number of benzene rings is 2. The summed E-state index contributed by atoms with van der Waals surface area (Å²) >= 11 is 0. The molecule has 1 heterocycles. The fraction of sp³-hybridized carbons (Fsp3) is 0.250. The molecule has 0 fully saturated rings. The molecule has 0 saturated carbocycles. The Labute approximate surface area is 114 Å². The summed E-state index contributed by atoms with van der Waals surface area (Å²) in [7, 11) is -3.20. The normalized spacial score (nSPS) is 24.1. The second-order valence-corrected chi connectivity index (χ2v) is 7.40. The SMILES string of the molecule is Cc1ccccc1C1c2ccccc2S(=O)(=O)C1C. The average Bonchev–Trinajstić information content (AvgIpc) is 2.60. The van der Waals surface area contributed by atoms with Crippen LogP contribution in [0.4, 0.5) is 0 Å². The predicted molar refractivity (Wildman–Crippen MR) is 76.1 cm³/mol. The van der Waals surface area contributed by atoms with E-state index >= 15 is 0 Å².